The van der Waals surface area contributed by atoms with Gasteiger partial charge in [0.15, 0.2) is 0 Å². The Balaban J connectivity index is 1.88. The summed E-state index contributed by atoms with van der Waals surface area (Å²) in [5.41, 5.74) is 8.32. The van der Waals surface area contributed by atoms with E-state index in [-0.39, 0.29) is 6.04 Å². The highest BCUT2D eigenvalue weighted by Gasteiger charge is 2.25. The predicted octanol–water partition coefficient (Wildman–Crippen LogP) is 1.32. The number of nitrogens with two attached hydrogens (primary N) is 1. The summed E-state index contributed by atoms with van der Waals surface area (Å²) in [6, 6.07) is 0.112. The van der Waals surface area contributed by atoms with Crippen molar-refractivity contribution in [1.29, 1.82) is 0 Å². The van der Waals surface area contributed by atoms with Gasteiger partial charge in [0.2, 0.25) is 0 Å². The number of aromatic nitrogens is 2. The molecular formula is C12H17N3O. The van der Waals surface area contributed by atoms with Gasteiger partial charge in [0, 0.05) is 24.8 Å². The lowest BCUT2D eigenvalue weighted by molar-refractivity contribution is 0.0779. The number of fused-ring (bicyclic) bond motifs is 1. The molecule has 0 spiro atoms. The molecule has 2 heterocycles. The Morgan fingerprint density at radius 1 is 1.38 bits per heavy atom. The Labute approximate surface area is 95.2 Å². The van der Waals surface area contributed by atoms with Crippen molar-refractivity contribution in [2.75, 3.05) is 13.2 Å². The molecule has 1 aromatic heterocycles. The van der Waals surface area contributed by atoms with Gasteiger partial charge in [-0.3, -0.25) is 0 Å². The maximum Gasteiger partial charge on any atom is 0.134 e. The van der Waals surface area contributed by atoms with Gasteiger partial charge in [0.25, 0.3) is 0 Å². The lowest BCUT2D eigenvalue weighted by Gasteiger charge is -2.21. The van der Waals surface area contributed by atoms with E-state index >= 15 is 0 Å². The van der Waals surface area contributed by atoms with Crippen LogP contribution in [0.5, 0.6) is 0 Å². The molecular weight excluding hydrogens is 202 g/mol. The predicted molar refractivity (Wildman–Crippen MR) is 60.1 cm³/mol. The molecule has 0 saturated carbocycles. The molecule has 1 saturated heterocycles. The van der Waals surface area contributed by atoms with Crippen LogP contribution in [0.2, 0.25) is 0 Å². The maximum atomic E-state index is 6.02. The van der Waals surface area contributed by atoms with E-state index in [1.165, 1.54) is 5.56 Å². The van der Waals surface area contributed by atoms with E-state index in [0.717, 1.165) is 50.4 Å². The van der Waals surface area contributed by atoms with Crippen molar-refractivity contribution < 1.29 is 4.74 Å². The van der Waals surface area contributed by atoms with Crippen molar-refractivity contribution in [2.24, 2.45) is 5.73 Å². The van der Waals surface area contributed by atoms with Crippen molar-refractivity contribution in [3.05, 3.63) is 23.3 Å². The molecule has 16 heavy (non-hydrogen) atoms. The number of ether oxygens (including phenoxy) is 1. The Morgan fingerprint density at radius 2 is 2.31 bits per heavy atom. The molecule has 4 heteroatoms. The minimum atomic E-state index is 0.112. The molecule has 3 rings (SSSR count). The summed E-state index contributed by atoms with van der Waals surface area (Å²) in [6.07, 6.45) is 6.23. The van der Waals surface area contributed by atoms with Gasteiger partial charge in [0.05, 0.1) is 12.3 Å². The third-order valence-electron chi connectivity index (χ3n) is 3.52. The molecule has 1 aromatic rings. The van der Waals surface area contributed by atoms with Crippen molar-refractivity contribution in [3.8, 4) is 0 Å². The number of hydrogen-bond acceptors (Lipinski definition) is 4. The van der Waals surface area contributed by atoms with Gasteiger partial charge in [-0.15, -0.1) is 0 Å². The fraction of sp³-hybridized carbons (Fsp3) is 0.667. The zero-order valence-electron chi connectivity index (χ0n) is 9.35. The summed E-state index contributed by atoms with van der Waals surface area (Å²) < 4.78 is 5.47. The van der Waals surface area contributed by atoms with Gasteiger partial charge in [-0.05, 0) is 31.2 Å². The monoisotopic (exact) mass is 219 g/mol. The quantitative estimate of drug-likeness (QED) is 0.773. The molecule has 2 aliphatic rings. The van der Waals surface area contributed by atoms with E-state index in [0.29, 0.717) is 5.92 Å². The van der Waals surface area contributed by atoms with Crippen LogP contribution < -0.4 is 5.73 Å². The van der Waals surface area contributed by atoms with Crippen LogP contribution in [0.15, 0.2) is 6.20 Å². The SMILES string of the molecule is NC1CCc2cnc(C3CCCOC3)nc21. The molecule has 0 amide bonds. The molecule has 86 valence electrons. The smallest absolute Gasteiger partial charge is 0.134 e. The van der Waals surface area contributed by atoms with Crippen molar-refractivity contribution >= 4 is 0 Å². The Morgan fingerprint density at radius 3 is 3.12 bits per heavy atom. The molecule has 0 bridgehead atoms. The summed E-state index contributed by atoms with van der Waals surface area (Å²) in [5, 5.41) is 0. The minimum Gasteiger partial charge on any atom is -0.381 e. The second-order valence-electron chi connectivity index (χ2n) is 4.70. The number of nitrogens with zero attached hydrogens (tertiary/aromatic N) is 2. The molecule has 1 aliphatic carbocycles. The van der Waals surface area contributed by atoms with E-state index in [9.17, 15) is 0 Å². The number of rotatable bonds is 1. The van der Waals surface area contributed by atoms with Gasteiger partial charge >= 0.3 is 0 Å². The van der Waals surface area contributed by atoms with Crippen molar-refractivity contribution in [1.82, 2.24) is 9.97 Å². The van der Waals surface area contributed by atoms with E-state index in [1.807, 2.05) is 6.20 Å². The Hall–Kier alpha value is -1.00. The zero-order valence-corrected chi connectivity index (χ0v) is 9.35. The second-order valence-corrected chi connectivity index (χ2v) is 4.70. The van der Waals surface area contributed by atoms with E-state index in [4.69, 9.17) is 10.5 Å². The normalized spacial score (nSPS) is 29.1. The first kappa shape index (κ1) is 10.2. The van der Waals surface area contributed by atoms with Crippen LogP contribution >= 0.6 is 0 Å². The number of hydrogen-bond donors (Lipinski definition) is 1. The highest BCUT2D eigenvalue weighted by molar-refractivity contribution is 5.26. The van der Waals surface area contributed by atoms with E-state index in [1.54, 1.807) is 0 Å². The van der Waals surface area contributed by atoms with Gasteiger partial charge in [-0.1, -0.05) is 0 Å². The second kappa shape index (κ2) is 4.11. The average molecular weight is 219 g/mol. The van der Waals surface area contributed by atoms with Crippen LogP contribution in [0.25, 0.3) is 0 Å². The van der Waals surface area contributed by atoms with E-state index < -0.39 is 0 Å². The van der Waals surface area contributed by atoms with Gasteiger partial charge in [0.1, 0.15) is 5.82 Å². The number of aryl methyl sites for hydroxylation is 1. The van der Waals surface area contributed by atoms with Crippen LogP contribution in [-0.4, -0.2) is 23.2 Å². The summed E-state index contributed by atoms with van der Waals surface area (Å²) >= 11 is 0. The molecule has 1 aliphatic heterocycles. The molecule has 2 N–H and O–H groups in total. The minimum absolute atomic E-state index is 0.112. The summed E-state index contributed by atoms with van der Waals surface area (Å²) in [5.74, 6) is 1.29. The summed E-state index contributed by atoms with van der Waals surface area (Å²) in [4.78, 5) is 9.10. The third-order valence-corrected chi connectivity index (χ3v) is 3.52. The van der Waals surface area contributed by atoms with Gasteiger partial charge in [-0.2, -0.15) is 0 Å². The summed E-state index contributed by atoms with van der Waals surface area (Å²) in [6.45, 7) is 1.63. The van der Waals surface area contributed by atoms with Crippen LogP contribution in [0, 0.1) is 0 Å². The average Bonchev–Trinajstić information content (AvgIpc) is 2.72. The fourth-order valence-corrected chi connectivity index (χ4v) is 2.54. The molecule has 1 fully saturated rings. The Kier molecular flexibility index (Phi) is 2.61. The highest BCUT2D eigenvalue weighted by Crippen LogP contribution is 2.29. The fourth-order valence-electron chi connectivity index (χ4n) is 2.54. The first-order chi connectivity index (χ1) is 7.84. The standard InChI is InChI=1S/C12H17N3O/c13-10-4-3-8-6-14-12(15-11(8)10)9-2-1-5-16-7-9/h6,9-10H,1-5,7,13H2. The topological polar surface area (TPSA) is 61.0 Å². The lowest BCUT2D eigenvalue weighted by atomic mass is 10.0. The first-order valence-corrected chi connectivity index (χ1v) is 6.03. The molecule has 0 radical (unpaired) electrons. The molecule has 0 aromatic carbocycles. The van der Waals surface area contributed by atoms with Crippen molar-refractivity contribution in [3.63, 3.8) is 0 Å². The van der Waals surface area contributed by atoms with E-state index in [2.05, 4.69) is 9.97 Å². The zero-order chi connectivity index (χ0) is 11.0. The van der Waals surface area contributed by atoms with Crippen LogP contribution in [0.3, 0.4) is 0 Å². The van der Waals surface area contributed by atoms with Gasteiger partial charge in [-0.25, -0.2) is 9.97 Å². The highest BCUT2D eigenvalue weighted by atomic mass is 16.5. The molecule has 4 nitrogen and oxygen atoms in total. The van der Waals surface area contributed by atoms with Crippen LogP contribution in [0.1, 0.15) is 48.3 Å². The lowest BCUT2D eigenvalue weighted by Crippen LogP contribution is -2.19. The molecule has 2 atom stereocenters. The van der Waals surface area contributed by atoms with Crippen LogP contribution in [-0.2, 0) is 11.2 Å². The summed E-state index contributed by atoms with van der Waals surface area (Å²) in [7, 11) is 0. The molecule has 2 unspecified atom stereocenters. The largest absolute Gasteiger partial charge is 0.381 e. The van der Waals surface area contributed by atoms with Crippen LogP contribution in [0.4, 0.5) is 0 Å². The van der Waals surface area contributed by atoms with Crippen molar-refractivity contribution in [2.45, 2.75) is 37.6 Å². The maximum absolute atomic E-state index is 6.02. The first-order valence-electron chi connectivity index (χ1n) is 6.03. The third kappa shape index (κ3) is 1.72. The van der Waals surface area contributed by atoms with Gasteiger partial charge < -0.3 is 10.5 Å². The Bertz CT molecular complexity index is 388.